The smallest absolute Gasteiger partial charge is 0.220 e. The number of piperidine rings is 1. The summed E-state index contributed by atoms with van der Waals surface area (Å²) in [6, 6.07) is 0.722. The van der Waals surface area contributed by atoms with Gasteiger partial charge in [-0.25, -0.2) is 0 Å². The van der Waals surface area contributed by atoms with Crippen LogP contribution in [0, 0.1) is 5.92 Å². The van der Waals surface area contributed by atoms with Crippen LogP contribution in [0.25, 0.3) is 0 Å². The third-order valence-electron chi connectivity index (χ3n) is 5.76. The van der Waals surface area contributed by atoms with E-state index in [4.69, 9.17) is 0 Å². The van der Waals surface area contributed by atoms with Gasteiger partial charge in [-0.2, -0.15) is 0 Å². The molecule has 0 radical (unpaired) electrons. The van der Waals surface area contributed by atoms with Crippen LogP contribution in [0.3, 0.4) is 0 Å². The van der Waals surface area contributed by atoms with Crippen molar-refractivity contribution in [2.24, 2.45) is 5.92 Å². The maximum atomic E-state index is 12.0. The average molecular weight is 294 g/mol. The van der Waals surface area contributed by atoms with Crippen molar-refractivity contribution in [3.8, 4) is 0 Å². The van der Waals surface area contributed by atoms with Gasteiger partial charge in [-0.05, 0) is 44.4 Å². The van der Waals surface area contributed by atoms with Gasteiger partial charge in [0, 0.05) is 31.6 Å². The maximum absolute atomic E-state index is 12.0. The highest BCUT2D eigenvalue weighted by Gasteiger charge is 2.32. The molecule has 2 N–H and O–H groups in total. The number of carbonyl (C=O) groups is 1. The highest BCUT2D eigenvalue weighted by Crippen LogP contribution is 2.29. The Hall–Kier alpha value is -0.610. The molecule has 1 saturated heterocycles. The molecular formula is C17H30N2O2. The average Bonchev–Trinajstić information content (AvgIpc) is 2.45. The van der Waals surface area contributed by atoms with Crippen molar-refractivity contribution in [3.63, 3.8) is 0 Å². The predicted molar refractivity (Wildman–Crippen MR) is 83.0 cm³/mol. The van der Waals surface area contributed by atoms with Crippen molar-refractivity contribution in [2.45, 2.75) is 82.4 Å². The molecule has 4 nitrogen and oxygen atoms in total. The summed E-state index contributed by atoms with van der Waals surface area (Å²) in [5.41, 5.74) is 0. The van der Waals surface area contributed by atoms with Crippen LogP contribution in [0.1, 0.15) is 64.2 Å². The van der Waals surface area contributed by atoms with E-state index in [1.54, 1.807) is 0 Å². The predicted octanol–water partition coefficient (Wildman–Crippen LogP) is 2.06. The van der Waals surface area contributed by atoms with Crippen LogP contribution in [0.15, 0.2) is 0 Å². The number of amides is 1. The van der Waals surface area contributed by atoms with E-state index < -0.39 is 0 Å². The van der Waals surface area contributed by atoms with Gasteiger partial charge in [0.15, 0.2) is 0 Å². The van der Waals surface area contributed by atoms with Crippen LogP contribution >= 0.6 is 0 Å². The first kappa shape index (κ1) is 15.3. The lowest BCUT2D eigenvalue weighted by molar-refractivity contribution is -0.123. The second-order valence-electron chi connectivity index (χ2n) is 7.30. The fourth-order valence-electron chi connectivity index (χ4n) is 4.14. The molecular weight excluding hydrogens is 264 g/mol. The number of likely N-dealkylation sites (tertiary alicyclic amines) is 1. The van der Waals surface area contributed by atoms with E-state index in [-0.39, 0.29) is 12.0 Å². The van der Waals surface area contributed by atoms with Crippen molar-refractivity contribution in [1.82, 2.24) is 10.2 Å². The lowest BCUT2D eigenvalue weighted by Gasteiger charge is -2.41. The number of nitrogens with zero attached hydrogens (tertiary/aromatic N) is 1. The Morgan fingerprint density at radius 1 is 1.00 bits per heavy atom. The Bertz CT molecular complexity index is 349. The second kappa shape index (κ2) is 7.10. The molecule has 1 amide bonds. The molecule has 3 fully saturated rings. The van der Waals surface area contributed by atoms with Gasteiger partial charge in [0.05, 0.1) is 6.10 Å². The molecule has 2 unspecified atom stereocenters. The Balaban J connectivity index is 1.39. The summed E-state index contributed by atoms with van der Waals surface area (Å²) in [5, 5.41) is 13.4. The van der Waals surface area contributed by atoms with Gasteiger partial charge in [0.1, 0.15) is 0 Å². The summed E-state index contributed by atoms with van der Waals surface area (Å²) in [5.74, 6) is 0.915. The molecule has 1 heterocycles. The van der Waals surface area contributed by atoms with Gasteiger partial charge in [-0.15, -0.1) is 0 Å². The SMILES string of the molecule is O=C(CC1CCC1)NC1CCN(C2CCCCC2O)CC1. The van der Waals surface area contributed by atoms with Crippen molar-refractivity contribution in [1.29, 1.82) is 0 Å². The van der Waals surface area contributed by atoms with Crippen molar-refractivity contribution in [2.75, 3.05) is 13.1 Å². The first-order valence-electron chi connectivity index (χ1n) is 8.94. The monoisotopic (exact) mass is 294 g/mol. The Labute approximate surface area is 128 Å². The van der Waals surface area contributed by atoms with Gasteiger partial charge >= 0.3 is 0 Å². The zero-order chi connectivity index (χ0) is 14.7. The molecule has 2 atom stereocenters. The largest absolute Gasteiger partial charge is 0.391 e. The highest BCUT2D eigenvalue weighted by molar-refractivity contribution is 5.76. The summed E-state index contributed by atoms with van der Waals surface area (Å²) < 4.78 is 0. The quantitative estimate of drug-likeness (QED) is 0.834. The fourth-order valence-corrected chi connectivity index (χ4v) is 4.14. The molecule has 4 heteroatoms. The third-order valence-corrected chi connectivity index (χ3v) is 5.76. The lowest BCUT2D eigenvalue weighted by atomic mass is 9.82. The minimum atomic E-state index is -0.136. The molecule has 0 aromatic rings. The van der Waals surface area contributed by atoms with Crippen LogP contribution in [0.4, 0.5) is 0 Å². The topological polar surface area (TPSA) is 52.6 Å². The van der Waals surface area contributed by atoms with Crippen molar-refractivity contribution in [3.05, 3.63) is 0 Å². The van der Waals surface area contributed by atoms with E-state index in [2.05, 4.69) is 10.2 Å². The Morgan fingerprint density at radius 2 is 1.71 bits per heavy atom. The number of carbonyl (C=O) groups excluding carboxylic acids is 1. The van der Waals surface area contributed by atoms with Crippen molar-refractivity contribution < 1.29 is 9.90 Å². The minimum Gasteiger partial charge on any atom is -0.391 e. The van der Waals surface area contributed by atoms with Crippen LogP contribution < -0.4 is 5.32 Å². The molecule has 21 heavy (non-hydrogen) atoms. The Morgan fingerprint density at radius 3 is 2.33 bits per heavy atom. The van der Waals surface area contributed by atoms with E-state index >= 15 is 0 Å². The third kappa shape index (κ3) is 3.98. The molecule has 0 aromatic carbocycles. The van der Waals surface area contributed by atoms with Gasteiger partial charge in [0.2, 0.25) is 5.91 Å². The molecule has 0 aromatic heterocycles. The molecule has 3 rings (SSSR count). The summed E-state index contributed by atoms with van der Waals surface area (Å²) in [7, 11) is 0. The highest BCUT2D eigenvalue weighted by atomic mass is 16.3. The van der Waals surface area contributed by atoms with Crippen LogP contribution in [0.2, 0.25) is 0 Å². The van der Waals surface area contributed by atoms with Crippen LogP contribution in [-0.2, 0) is 4.79 Å². The number of aliphatic hydroxyl groups is 1. The first-order chi connectivity index (χ1) is 10.2. The van der Waals surface area contributed by atoms with E-state index in [9.17, 15) is 9.90 Å². The summed E-state index contributed by atoms with van der Waals surface area (Å²) in [6.45, 7) is 2.05. The molecule has 3 aliphatic rings. The summed E-state index contributed by atoms with van der Waals surface area (Å²) in [4.78, 5) is 14.4. The maximum Gasteiger partial charge on any atom is 0.220 e. The van der Waals surface area contributed by atoms with Crippen LogP contribution in [0.5, 0.6) is 0 Å². The summed E-state index contributed by atoms with van der Waals surface area (Å²) in [6.07, 6.45) is 11.0. The van der Waals surface area contributed by atoms with E-state index in [1.807, 2.05) is 0 Å². The standard InChI is InChI=1S/C17H30N2O2/c20-16-7-2-1-6-15(16)19-10-8-14(9-11-19)18-17(21)12-13-4-3-5-13/h13-16,20H,1-12H2,(H,18,21). The molecule has 1 aliphatic heterocycles. The fraction of sp³-hybridized carbons (Fsp3) is 0.941. The van der Waals surface area contributed by atoms with E-state index in [0.29, 0.717) is 18.0 Å². The number of aliphatic hydroxyl groups excluding tert-OH is 1. The first-order valence-corrected chi connectivity index (χ1v) is 8.94. The van der Waals surface area contributed by atoms with E-state index in [0.717, 1.165) is 45.2 Å². The van der Waals surface area contributed by atoms with Gasteiger partial charge < -0.3 is 10.4 Å². The summed E-state index contributed by atoms with van der Waals surface area (Å²) >= 11 is 0. The number of nitrogens with one attached hydrogen (secondary N) is 1. The zero-order valence-corrected chi connectivity index (χ0v) is 13.1. The van der Waals surface area contributed by atoms with E-state index in [1.165, 1.54) is 32.1 Å². The second-order valence-corrected chi connectivity index (χ2v) is 7.30. The molecule has 0 bridgehead atoms. The van der Waals surface area contributed by atoms with Gasteiger partial charge in [0.25, 0.3) is 0 Å². The van der Waals surface area contributed by atoms with Gasteiger partial charge in [-0.1, -0.05) is 19.3 Å². The lowest BCUT2D eigenvalue weighted by Crippen LogP contribution is -2.52. The molecule has 0 spiro atoms. The number of hydrogen-bond acceptors (Lipinski definition) is 3. The molecule has 2 saturated carbocycles. The Kier molecular flexibility index (Phi) is 5.17. The molecule has 2 aliphatic carbocycles. The zero-order valence-electron chi connectivity index (χ0n) is 13.1. The van der Waals surface area contributed by atoms with Gasteiger partial charge in [-0.3, -0.25) is 9.69 Å². The molecule has 120 valence electrons. The number of rotatable bonds is 4. The number of hydrogen-bond donors (Lipinski definition) is 2. The minimum absolute atomic E-state index is 0.136. The normalized spacial score (nSPS) is 32.6. The van der Waals surface area contributed by atoms with Crippen molar-refractivity contribution >= 4 is 5.91 Å². The van der Waals surface area contributed by atoms with Crippen LogP contribution in [-0.4, -0.2) is 47.2 Å².